The Bertz CT molecular complexity index is 68.2. The van der Waals surface area contributed by atoms with Crippen LogP contribution in [0.15, 0.2) is 0 Å². The van der Waals surface area contributed by atoms with Crippen molar-refractivity contribution < 1.29 is 0 Å². The van der Waals surface area contributed by atoms with Gasteiger partial charge in [0.2, 0.25) is 0 Å². The number of alkyl halides is 1. The van der Waals surface area contributed by atoms with Crippen LogP contribution in [0.5, 0.6) is 0 Å². The zero-order valence-corrected chi connectivity index (χ0v) is 7.03. The lowest BCUT2D eigenvalue weighted by Gasteiger charge is -2.38. The molecular formula is C6H11I. The van der Waals surface area contributed by atoms with Crippen LogP contribution in [0.1, 0.15) is 26.7 Å². The highest BCUT2D eigenvalue weighted by Crippen LogP contribution is 2.44. The first kappa shape index (κ1) is 5.86. The molecule has 1 heteroatoms. The Morgan fingerprint density at radius 1 is 1.57 bits per heavy atom. The SMILES string of the molecule is C[C@H]1C[C@](C)(I)C1. The van der Waals surface area contributed by atoms with Crippen LogP contribution in [0.2, 0.25) is 0 Å². The van der Waals surface area contributed by atoms with Crippen molar-refractivity contribution in [1.29, 1.82) is 0 Å². The van der Waals surface area contributed by atoms with Gasteiger partial charge in [0.05, 0.1) is 0 Å². The third kappa shape index (κ3) is 1.31. The van der Waals surface area contributed by atoms with E-state index in [1.165, 1.54) is 12.8 Å². The molecule has 0 heterocycles. The minimum atomic E-state index is 0.664. The van der Waals surface area contributed by atoms with E-state index in [0.29, 0.717) is 3.42 Å². The lowest BCUT2D eigenvalue weighted by Crippen LogP contribution is -2.32. The molecule has 0 radical (unpaired) electrons. The summed E-state index contributed by atoms with van der Waals surface area (Å²) in [7, 11) is 0. The van der Waals surface area contributed by atoms with Crippen molar-refractivity contribution in [3.63, 3.8) is 0 Å². The predicted octanol–water partition coefficient (Wildman–Crippen LogP) is 2.61. The summed E-state index contributed by atoms with van der Waals surface area (Å²) in [5.74, 6) is 1.00. The average Bonchev–Trinajstić information content (AvgIpc) is 1.27. The van der Waals surface area contributed by atoms with Gasteiger partial charge in [0.15, 0.2) is 0 Å². The molecule has 0 amide bonds. The quantitative estimate of drug-likeness (QED) is 0.425. The molecule has 0 saturated heterocycles. The number of halogens is 1. The molecule has 1 rings (SSSR count). The summed E-state index contributed by atoms with van der Waals surface area (Å²) >= 11 is 2.54. The fourth-order valence-electron chi connectivity index (χ4n) is 1.39. The monoisotopic (exact) mass is 210 g/mol. The van der Waals surface area contributed by atoms with Crippen molar-refractivity contribution in [1.82, 2.24) is 0 Å². The normalized spacial score (nSPS) is 51.0. The highest BCUT2D eigenvalue weighted by Gasteiger charge is 2.34. The summed E-state index contributed by atoms with van der Waals surface area (Å²) in [4.78, 5) is 0. The molecule has 0 bridgehead atoms. The Hall–Kier alpha value is 0.730. The Kier molecular flexibility index (Phi) is 1.34. The highest BCUT2D eigenvalue weighted by atomic mass is 127. The molecule has 0 atom stereocenters. The molecule has 0 unspecified atom stereocenters. The predicted molar refractivity (Wildman–Crippen MR) is 40.8 cm³/mol. The van der Waals surface area contributed by atoms with Crippen molar-refractivity contribution in [2.75, 3.05) is 0 Å². The molecule has 0 N–H and O–H groups in total. The van der Waals surface area contributed by atoms with Crippen LogP contribution in [0.4, 0.5) is 0 Å². The van der Waals surface area contributed by atoms with Gasteiger partial charge in [-0.15, -0.1) is 0 Å². The topological polar surface area (TPSA) is 0 Å². The molecule has 1 aliphatic carbocycles. The van der Waals surface area contributed by atoms with E-state index in [2.05, 4.69) is 36.4 Å². The Balaban J connectivity index is 2.29. The van der Waals surface area contributed by atoms with E-state index in [-0.39, 0.29) is 0 Å². The molecule has 1 fully saturated rings. The van der Waals surface area contributed by atoms with Gasteiger partial charge in [-0.05, 0) is 18.8 Å². The number of hydrogen-bond donors (Lipinski definition) is 0. The first-order valence-corrected chi connectivity index (χ1v) is 3.87. The molecule has 42 valence electrons. The molecule has 0 nitrogen and oxygen atoms in total. The smallest absolute Gasteiger partial charge is 0.0199 e. The second-order valence-corrected chi connectivity index (χ2v) is 5.53. The maximum absolute atomic E-state index is 2.54. The van der Waals surface area contributed by atoms with Gasteiger partial charge in [0.25, 0.3) is 0 Å². The summed E-state index contributed by atoms with van der Waals surface area (Å²) in [6, 6.07) is 0. The van der Waals surface area contributed by atoms with Gasteiger partial charge in [0.1, 0.15) is 0 Å². The van der Waals surface area contributed by atoms with E-state index in [1.807, 2.05) is 0 Å². The van der Waals surface area contributed by atoms with Gasteiger partial charge < -0.3 is 0 Å². The van der Waals surface area contributed by atoms with Crippen LogP contribution in [0, 0.1) is 5.92 Å². The average molecular weight is 210 g/mol. The zero-order chi connectivity index (χ0) is 5.49. The summed E-state index contributed by atoms with van der Waals surface area (Å²) in [5, 5.41) is 0. The second kappa shape index (κ2) is 1.61. The lowest BCUT2D eigenvalue weighted by atomic mass is 9.77. The Labute approximate surface area is 58.8 Å². The second-order valence-electron chi connectivity index (χ2n) is 2.93. The largest absolute Gasteiger partial charge is 0.0792 e. The Morgan fingerprint density at radius 3 is 2.00 bits per heavy atom. The fraction of sp³-hybridized carbons (Fsp3) is 1.00. The number of rotatable bonds is 0. The highest BCUT2D eigenvalue weighted by molar-refractivity contribution is 14.1. The zero-order valence-electron chi connectivity index (χ0n) is 4.87. The third-order valence-corrected chi connectivity index (χ3v) is 2.43. The molecule has 0 aromatic rings. The van der Waals surface area contributed by atoms with Crippen molar-refractivity contribution in [2.45, 2.75) is 30.1 Å². The van der Waals surface area contributed by atoms with Crippen LogP contribution in [-0.4, -0.2) is 3.42 Å². The van der Waals surface area contributed by atoms with E-state index < -0.39 is 0 Å². The van der Waals surface area contributed by atoms with Gasteiger partial charge in [-0.3, -0.25) is 0 Å². The Morgan fingerprint density at radius 2 is 2.00 bits per heavy atom. The van der Waals surface area contributed by atoms with E-state index in [0.717, 1.165) is 5.92 Å². The maximum atomic E-state index is 2.54. The minimum absolute atomic E-state index is 0.664. The number of hydrogen-bond acceptors (Lipinski definition) is 0. The van der Waals surface area contributed by atoms with Crippen molar-refractivity contribution in [3.05, 3.63) is 0 Å². The molecule has 0 aromatic carbocycles. The van der Waals surface area contributed by atoms with E-state index in [9.17, 15) is 0 Å². The van der Waals surface area contributed by atoms with Gasteiger partial charge in [-0.1, -0.05) is 36.4 Å². The maximum Gasteiger partial charge on any atom is 0.0199 e. The van der Waals surface area contributed by atoms with Crippen molar-refractivity contribution in [2.24, 2.45) is 5.92 Å². The summed E-state index contributed by atoms with van der Waals surface area (Å²) < 4.78 is 0.664. The fourth-order valence-corrected chi connectivity index (χ4v) is 2.90. The molecule has 0 spiro atoms. The lowest BCUT2D eigenvalue weighted by molar-refractivity contribution is 0.286. The van der Waals surface area contributed by atoms with Gasteiger partial charge >= 0.3 is 0 Å². The first-order chi connectivity index (χ1) is 3.10. The van der Waals surface area contributed by atoms with Crippen molar-refractivity contribution >= 4 is 22.6 Å². The van der Waals surface area contributed by atoms with Crippen LogP contribution in [0.25, 0.3) is 0 Å². The molecule has 1 saturated carbocycles. The van der Waals surface area contributed by atoms with Crippen LogP contribution < -0.4 is 0 Å². The van der Waals surface area contributed by atoms with E-state index in [1.54, 1.807) is 0 Å². The van der Waals surface area contributed by atoms with Crippen molar-refractivity contribution in [3.8, 4) is 0 Å². The molecule has 0 aromatic heterocycles. The summed E-state index contributed by atoms with van der Waals surface area (Å²) in [6.07, 6.45) is 2.85. The van der Waals surface area contributed by atoms with Crippen LogP contribution in [0.3, 0.4) is 0 Å². The standard InChI is InChI=1S/C6H11I/c1-5-3-6(2,7)4-5/h5H,3-4H2,1-2H3/t5-,6-. The summed E-state index contributed by atoms with van der Waals surface area (Å²) in [5.41, 5.74) is 0. The molecule has 7 heavy (non-hydrogen) atoms. The van der Waals surface area contributed by atoms with Crippen LogP contribution >= 0.6 is 22.6 Å². The first-order valence-electron chi connectivity index (χ1n) is 2.79. The van der Waals surface area contributed by atoms with Gasteiger partial charge in [-0.25, -0.2) is 0 Å². The molecular weight excluding hydrogens is 199 g/mol. The molecule has 0 aliphatic heterocycles. The van der Waals surface area contributed by atoms with Gasteiger partial charge in [-0.2, -0.15) is 0 Å². The van der Waals surface area contributed by atoms with E-state index in [4.69, 9.17) is 0 Å². The summed E-state index contributed by atoms with van der Waals surface area (Å²) in [6.45, 7) is 4.65. The molecule has 1 aliphatic rings. The van der Waals surface area contributed by atoms with Crippen LogP contribution in [-0.2, 0) is 0 Å². The third-order valence-electron chi connectivity index (χ3n) is 1.55. The van der Waals surface area contributed by atoms with Gasteiger partial charge in [0, 0.05) is 3.42 Å². The minimum Gasteiger partial charge on any atom is -0.0792 e. The van der Waals surface area contributed by atoms with E-state index >= 15 is 0 Å².